The second-order valence-corrected chi connectivity index (χ2v) is 8.36. The largest absolute Gasteiger partial charge is 0.325 e. The molecule has 0 saturated carbocycles. The highest BCUT2D eigenvalue weighted by Gasteiger charge is 2.21. The Kier molecular flexibility index (Phi) is 5.28. The van der Waals surface area contributed by atoms with Crippen LogP contribution in [0.3, 0.4) is 0 Å². The molecule has 0 bridgehead atoms. The van der Waals surface area contributed by atoms with E-state index < -0.39 is 0 Å². The first-order valence-electron chi connectivity index (χ1n) is 9.65. The summed E-state index contributed by atoms with van der Waals surface area (Å²) in [4.78, 5) is 36.5. The highest BCUT2D eigenvalue weighted by atomic mass is 32.1. The molecule has 2 heterocycles. The van der Waals surface area contributed by atoms with Crippen LogP contribution in [0.25, 0.3) is 10.2 Å². The van der Waals surface area contributed by atoms with Crippen molar-refractivity contribution in [2.75, 3.05) is 18.9 Å². The molecular formula is C21H24N4O2S. The molecule has 1 aliphatic rings. The fourth-order valence-corrected chi connectivity index (χ4v) is 5.10. The normalized spacial score (nSPS) is 13.2. The monoisotopic (exact) mass is 396 g/mol. The zero-order valence-corrected chi connectivity index (χ0v) is 17.0. The molecule has 0 spiro atoms. The number of para-hydroxylation sites is 1. The number of rotatable bonds is 6. The molecule has 0 aliphatic heterocycles. The van der Waals surface area contributed by atoms with Gasteiger partial charge < -0.3 is 10.3 Å². The van der Waals surface area contributed by atoms with E-state index in [-0.39, 0.29) is 18.0 Å². The molecule has 28 heavy (non-hydrogen) atoms. The van der Waals surface area contributed by atoms with Crippen LogP contribution >= 0.6 is 11.3 Å². The van der Waals surface area contributed by atoms with Gasteiger partial charge in [-0.05, 0) is 49.9 Å². The lowest BCUT2D eigenvalue weighted by Crippen LogP contribution is -2.31. The number of aromatic nitrogens is 2. The number of nitrogens with one attached hydrogen (secondary N) is 2. The number of likely N-dealkylation sites (N-methyl/N-ethyl adjacent to an activating group) is 1. The summed E-state index contributed by atoms with van der Waals surface area (Å²) in [5.41, 5.74) is 3.09. The average Bonchev–Trinajstić information content (AvgIpc) is 3.22. The minimum Gasteiger partial charge on any atom is -0.325 e. The first-order chi connectivity index (χ1) is 13.5. The van der Waals surface area contributed by atoms with E-state index in [9.17, 15) is 9.59 Å². The highest BCUT2D eigenvalue weighted by Crippen LogP contribution is 2.34. The second kappa shape index (κ2) is 7.85. The summed E-state index contributed by atoms with van der Waals surface area (Å²) in [6, 6.07) is 7.82. The second-order valence-electron chi connectivity index (χ2n) is 7.28. The molecule has 0 radical (unpaired) electrons. The molecule has 0 atom stereocenters. The predicted octanol–water partition coefficient (Wildman–Crippen LogP) is 3.11. The van der Waals surface area contributed by atoms with E-state index in [0.717, 1.165) is 47.2 Å². The zero-order chi connectivity index (χ0) is 19.7. The lowest BCUT2D eigenvalue weighted by Gasteiger charge is -2.16. The number of carbonyl (C=O) groups is 1. The number of benzene rings is 1. The van der Waals surface area contributed by atoms with Gasteiger partial charge in [-0.2, -0.15) is 0 Å². The van der Waals surface area contributed by atoms with E-state index >= 15 is 0 Å². The maximum atomic E-state index is 12.5. The number of anilines is 1. The number of hydrogen-bond acceptors (Lipinski definition) is 5. The van der Waals surface area contributed by atoms with Gasteiger partial charge in [0.25, 0.3) is 5.56 Å². The summed E-state index contributed by atoms with van der Waals surface area (Å²) >= 11 is 1.63. The average molecular weight is 397 g/mol. The minimum absolute atomic E-state index is 0.0610. The summed E-state index contributed by atoms with van der Waals surface area (Å²) in [6.45, 7) is 2.70. The van der Waals surface area contributed by atoms with Crippen LogP contribution in [0.2, 0.25) is 0 Å². The Morgan fingerprint density at radius 1 is 1.32 bits per heavy atom. The van der Waals surface area contributed by atoms with Crippen LogP contribution in [0.15, 0.2) is 29.1 Å². The molecule has 1 aliphatic carbocycles. The van der Waals surface area contributed by atoms with E-state index in [4.69, 9.17) is 0 Å². The van der Waals surface area contributed by atoms with Crippen LogP contribution < -0.4 is 10.9 Å². The molecule has 0 unspecified atom stereocenters. The smallest absolute Gasteiger partial charge is 0.259 e. The molecule has 146 valence electrons. The number of amides is 1. The van der Waals surface area contributed by atoms with Gasteiger partial charge in [-0.25, -0.2) is 4.98 Å². The summed E-state index contributed by atoms with van der Waals surface area (Å²) in [6.07, 6.45) is 4.00. The molecule has 2 N–H and O–H groups in total. The van der Waals surface area contributed by atoms with Gasteiger partial charge in [0.1, 0.15) is 10.7 Å². The molecular weight excluding hydrogens is 372 g/mol. The van der Waals surface area contributed by atoms with Crippen LogP contribution in [-0.4, -0.2) is 34.4 Å². The zero-order valence-electron chi connectivity index (χ0n) is 16.2. The van der Waals surface area contributed by atoms with Crippen molar-refractivity contribution in [2.24, 2.45) is 0 Å². The molecule has 2 aromatic heterocycles. The number of hydrogen-bond donors (Lipinski definition) is 2. The third-order valence-electron chi connectivity index (χ3n) is 5.13. The molecule has 0 fully saturated rings. The Hall–Kier alpha value is -2.51. The van der Waals surface area contributed by atoms with Gasteiger partial charge in [0.05, 0.1) is 18.5 Å². The molecule has 4 rings (SSSR count). The number of fused-ring (bicyclic) bond motifs is 3. The van der Waals surface area contributed by atoms with Gasteiger partial charge in [-0.1, -0.05) is 25.1 Å². The molecule has 0 saturated heterocycles. The maximum Gasteiger partial charge on any atom is 0.259 e. The number of nitrogens with zero attached hydrogens (tertiary/aromatic N) is 2. The van der Waals surface area contributed by atoms with Gasteiger partial charge in [0.15, 0.2) is 0 Å². The maximum absolute atomic E-state index is 12.5. The topological polar surface area (TPSA) is 78.1 Å². The van der Waals surface area contributed by atoms with Crippen molar-refractivity contribution in [3.8, 4) is 0 Å². The van der Waals surface area contributed by atoms with Crippen LogP contribution in [0.1, 0.15) is 35.2 Å². The standard InChI is InChI=1S/C21H24N4O2S/c1-3-13-7-4-5-9-15(13)22-18(26)12-25(2)11-17-23-20(27)19-14-8-6-10-16(14)28-21(19)24-17/h4-5,7,9H,3,6,8,10-12H2,1-2H3,(H,22,26)(H,23,24,27). The molecule has 1 amide bonds. The van der Waals surface area contributed by atoms with E-state index in [0.29, 0.717) is 12.4 Å². The first kappa shape index (κ1) is 18.8. The van der Waals surface area contributed by atoms with Gasteiger partial charge in [-0.3, -0.25) is 14.5 Å². The SMILES string of the molecule is CCc1ccccc1NC(=O)CN(C)Cc1nc2sc3c(c2c(=O)[nH]1)CCC3. The Bertz CT molecular complexity index is 1090. The quantitative estimate of drug-likeness (QED) is 0.671. The van der Waals surface area contributed by atoms with Gasteiger partial charge in [0.2, 0.25) is 5.91 Å². The Morgan fingerprint density at radius 3 is 2.96 bits per heavy atom. The lowest BCUT2D eigenvalue weighted by atomic mass is 10.1. The fraction of sp³-hybridized carbons (Fsp3) is 0.381. The summed E-state index contributed by atoms with van der Waals surface area (Å²) in [5, 5.41) is 3.74. The number of carbonyl (C=O) groups excluding carboxylic acids is 1. The van der Waals surface area contributed by atoms with Crippen molar-refractivity contribution < 1.29 is 4.79 Å². The van der Waals surface area contributed by atoms with Crippen molar-refractivity contribution in [3.05, 3.63) is 56.4 Å². The van der Waals surface area contributed by atoms with Gasteiger partial charge >= 0.3 is 0 Å². The van der Waals surface area contributed by atoms with E-state index in [1.165, 1.54) is 10.4 Å². The van der Waals surface area contributed by atoms with Crippen molar-refractivity contribution in [1.82, 2.24) is 14.9 Å². The van der Waals surface area contributed by atoms with Crippen molar-refractivity contribution in [2.45, 2.75) is 39.2 Å². The molecule has 7 heteroatoms. The molecule has 3 aromatic rings. The summed E-state index contributed by atoms with van der Waals surface area (Å²) in [7, 11) is 1.85. The Balaban J connectivity index is 1.44. The minimum atomic E-state index is -0.0816. The third kappa shape index (κ3) is 3.72. The predicted molar refractivity (Wildman–Crippen MR) is 113 cm³/mol. The summed E-state index contributed by atoms with van der Waals surface area (Å²) < 4.78 is 0. The van der Waals surface area contributed by atoms with Crippen molar-refractivity contribution in [1.29, 1.82) is 0 Å². The van der Waals surface area contributed by atoms with E-state index in [1.807, 2.05) is 36.2 Å². The lowest BCUT2D eigenvalue weighted by molar-refractivity contribution is -0.117. The number of H-pyrrole nitrogens is 1. The molecule has 6 nitrogen and oxygen atoms in total. The van der Waals surface area contributed by atoms with Crippen LogP contribution in [0.5, 0.6) is 0 Å². The number of thiophene rings is 1. The van der Waals surface area contributed by atoms with Crippen LogP contribution in [0.4, 0.5) is 5.69 Å². The highest BCUT2D eigenvalue weighted by molar-refractivity contribution is 7.18. The van der Waals surface area contributed by atoms with Crippen LogP contribution in [0, 0.1) is 0 Å². The van der Waals surface area contributed by atoms with Crippen molar-refractivity contribution in [3.63, 3.8) is 0 Å². The fourth-order valence-electron chi connectivity index (χ4n) is 3.82. The first-order valence-corrected chi connectivity index (χ1v) is 10.5. The van der Waals surface area contributed by atoms with Crippen molar-refractivity contribution >= 4 is 33.1 Å². The Morgan fingerprint density at radius 2 is 2.14 bits per heavy atom. The summed E-state index contributed by atoms with van der Waals surface area (Å²) in [5.74, 6) is 0.517. The van der Waals surface area contributed by atoms with Gasteiger partial charge in [0, 0.05) is 10.6 Å². The number of aryl methyl sites for hydroxylation is 3. The van der Waals surface area contributed by atoms with Crippen LogP contribution in [-0.2, 0) is 30.6 Å². The molecule has 1 aromatic carbocycles. The van der Waals surface area contributed by atoms with Gasteiger partial charge in [-0.15, -0.1) is 11.3 Å². The third-order valence-corrected chi connectivity index (χ3v) is 6.32. The number of aromatic amines is 1. The van der Waals surface area contributed by atoms with E-state index in [2.05, 4.69) is 22.2 Å². The Labute approximate surface area is 167 Å². The van der Waals surface area contributed by atoms with E-state index in [1.54, 1.807) is 11.3 Å².